The fourth-order valence-electron chi connectivity index (χ4n) is 2.69. The number of hydrogen-bond donors (Lipinski definition) is 1. The second-order valence-corrected chi connectivity index (χ2v) is 4.91. The van der Waals surface area contributed by atoms with Gasteiger partial charge >= 0.3 is 0 Å². The Morgan fingerprint density at radius 3 is 2.82 bits per heavy atom. The third-order valence-electron chi connectivity index (χ3n) is 3.77. The Balaban J connectivity index is 2.00. The van der Waals surface area contributed by atoms with E-state index < -0.39 is 0 Å². The quantitative estimate of drug-likeness (QED) is 0.811. The lowest BCUT2D eigenvalue weighted by Gasteiger charge is -2.29. The number of imidazole rings is 1. The van der Waals surface area contributed by atoms with Crippen LogP contribution in [0.2, 0.25) is 0 Å². The molecule has 2 N–H and O–H groups in total. The van der Waals surface area contributed by atoms with Gasteiger partial charge in [0.15, 0.2) is 0 Å². The van der Waals surface area contributed by atoms with Gasteiger partial charge in [0.25, 0.3) is 0 Å². The summed E-state index contributed by atoms with van der Waals surface area (Å²) >= 11 is 0. The standard InChI is InChI=1S/C13H18N4/c1-16-7-4-10(5-8-16)11-2-3-12(14)17-9-6-15-13(11)17/h2-3,6,9-10H,4-5,7-8,14H2,1H3. The molecule has 3 heterocycles. The van der Waals surface area contributed by atoms with E-state index >= 15 is 0 Å². The maximum atomic E-state index is 5.94. The average molecular weight is 230 g/mol. The van der Waals surface area contributed by atoms with Gasteiger partial charge in [0, 0.05) is 12.4 Å². The number of piperidine rings is 1. The monoisotopic (exact) mass is 230 g/mol. The van der Waals surface area contributed by atoms with Crippen LogP contribution in [0.25, 0.3) is 5.65 Å². The van der Waals surface area contributed by atoms with E-state index in [-0.39, 0.29) is 0 Å². The molecule has 0 saturated carbocycles. The van der Waals surface area contributed by atoms with Crippen LogP contribution in [0.5, 0.6) is 0 Å². The highest BCUT2D eigenvalue weighted by atomic mass is 15.1. The number of aromatic nitrogens is 2. The molecule has 0 amide bonds. The predicted octanol–water partition coefficient (Wildman–Crippen LogP) is 1.73. The van der Waals surface area contributed by atoms with E-state index in [9.17, 15) is 0 Å². The van der Waals surface area contributed by atoms with Crippen molar-refractivity contribution in [2.45, 2.75) is 18.8 Å². The first-order valence-corrected chi connectivity index (χ1v) is 6.15. The molecule has 17 heavy (non-hydrogen) atoms. The largest absolute Gasteiger partial charge is 0.385 e. The van der Waals surface area contributed by atoms with Crippen LogP contribution in [0, 0.1) is 0 Å². The Morgan fingerprint density at radius 2 is 2.06 bits per heavy atom. The summed E-state index contributed by atoms with van der Waals surface area (Å²) in [6.07, 6.45) is 6.18. The molecular weight excluding hydrogens is 212 g/mol. The molecule has 4 nitrogen and oxygen atoms in total. The molecule has 0 spiro atoms. The fourth-order valence-corrected chi connectivity index (χ4v) is 2.69. The lowest BCUT2D eigenvalue weighted by molar-refractivity contribution is 0.255. The molecule has 4 heteroatoms. The van der Waals surface area contributed by atoms with Crippen molar-refractivity contribution in [3.05, 3.63) is 30.1 Å². The van der Waals surface area contributed by atoms with Gasteiger partial charge in [-0.25, -0.2) is 4.98 Å². The van der Waals surface area contributed by atoms with Crippen molar-refractivity contribution in [3.8, 4) is 0 Å². The number of anilines is 1. The minimum Gasteiger partial charge on any atom is -0.385 e. The van der Waals surface area contributed by atoms with E-state index in [4.69, 9.17) is 5.73 Å². The second-order valence-electron chi connectivity index (χ2n) is 4.91. The molecule has 0 aromatic carbocycles. The van der Waals surface area contributed by atoms with E-state index in [2.05, 4.69) is 23.0 Å². The van der Waals surface area contributed by atoms with Crippen LogP contribution >= 0.6 is 0 Å². The molecule has 0 unspecified atom stereocenters. The molecule has 1 fully saturated rings. The zero-order valence-electron chi connectivity index (χ0n) is 10.1. The van der Waals surface area contributed by atoms with Crippen molar-refractivity contribution in [1.29, 1.82) is 0 Å². The molecule has 2 aromatic rings. The molecule has 0 atom stereocenters. The van der Waals surface area contributed by atoms with Gasteiger partial charge in [0.1, 0.15) is 11.5 Å². The molecule has 3 rings (SSSR count). The molecule has 0 aliphatic carbocycles. The summed E-state index contributed by atoms with van der Waals surface area (Å²) in [6, 6.07) is 4.13. The van der Waals surface area contributed by atoms with Crippen LogP contribution in [0.3, 0.4) is 0 Å². The topological polar surface area (TPSA) is 46.6 Å². The van der Waals surface area contributed by atoms with Crippen LogP contribution < -0.4 is 5.73 Å². The van der Waals surface area contributed by atoms with Gasteiger partial charge in [0.2, 0.25) is 0 Å². The smallest absolute Gasteiger partial charge is 0.141 e. The third kappa shape index (κ3) is 1.78. The predicted molar refractivity (Wildman–Crippen MR) is 69.1 cm³/mol. The van der Waals surface area contributed by atoms with Gasteiger partial charge in [-0.15, -0.1) is 0 Å². The zero-order valence-corrected chi connectivity index (χ0v) is 10.1. The molecule has 1 aliphatic rings. The maximum Gasteiger partial charge on any atom is 0.141 e. The molecule has 2 aromatic heterocycles. The highest BCUT2D eigenvalue weighted by molar-refractivity contribution is 5.55. The van der Waals surface area contributed by atoms with Gasteiger partial charge in [-0.05, 0) is 50.5 Å². The summed E-state index contributed by atoms with van der Waals surface area (Å²) in [4.78, 5) is 6.83. The van der Waals surface area contributed by atoms with E-state index in [1.54, 1.807) is 0 Å². The van der Waals surface area contributed by atoms with E-state index in [0.717, 1.165) is 11.5 Å². The number of nitrogens with zero attached hydrogens (tertiary/aromatic N) is 3. The van der Waals surface area contributed by atoms with Crippen LogP contribution in [0.4, 0.5) is 5.82 Å². The minimum absolute atomic E-state index is 0.622. The Morgan fingerprint density at radius 1 is 1.29 bits per heavy atom. The summed E-state index contributed by atoms with van der Waals surface area (Å²) in [5, 5.41) is 0. The molecule has 90 valence electrons. The maximum absolute atomic E-state index is 5.94. The summed E-state index contributed by atoms with van der Waals surface area (Å²) in [6.45, 7) is 2.34. The van der Waals surface area contributed by atoms with Crippen molar-refractivity contribution in [3.63, 3.8) is 0 Å². The third-order valence-corrected chi connectivity index (χ3v) is 3.77. The van der Waals surface area contributed by atoms with Crippen LogP contribution in [-0.4, -0.2) is 34.4 Å². The Kier molecular flexibility index (Phi) is 2.52. The summed E-state index contributed by atoms with van der Waals surface area (Å²) in [7, 11) is 2.18. The van der Waals surface area contributed by atoms with Gasteiger partial charge in [0.05, 0.1) is 0 Å². The lowest BCUT2D eigenvalue weighted by atomic mass is 9.90. The highest BCUT2D eigenvalue weighted by Crippen LogP contribution is 2.30. The molecule has 1 aliphatic heterocycles. The fraction of sp³-hybridized carbons (Fsp3) is 0.462. The van der Waals surface area contributed by atoms with E-state index in [0.29, 0.717) is 5.92 Å². The molecule has 0 radical (unpaired) electrons. The summed E-state index contributed by atoms with van der Waals surface area (Å²) in [5.41, 5.74) is 8.31. The van der Waals surface area contributed by atoms with Gasteiger partial charge < -0.3 is 10.6 Å². The normalized spacial score (nSPS) is 18.9. The van der Waals surface area contributed by atoms with Crippen molar-refractivity contribution in [2.24, 2.45) is 0 Å². The van der Waals surface area contributed by atoms with Crippen molar-refractivity contribution in [2.75, 3.05) is 25.9 Å². The average Bonchev–Trinajstić information content (AvgIpc) is 2.81. The van der Waals surface area contributed by atoms with Crippen LogP contribution in [0.1, 0.15) is 24.3 Å². The van der Waals surface area contributed by atoms with Crippen molar-refractivity contribution in [1.82, 2.24) is 14.3 Å². The van der Waals surface area contributed by atoms with Crippen LogP contribution in [0.15, 0.2) is 24.5 Å². The summed E-state index contributed by atoms with van der Waals surface area (Å²) < 4.78 is 1.98. The minimum atomic E-state index is 0.622. The lowest BCUT2D eigenvalue weighted by Crippen LogP contribution is -2.29. The molecule has 1 saturated heterocycles. The first-order chi connectivity index (χ1) is 8.25. The van der Waals surface area contributed by atoms with Crippen molar-refractivity contribution >= 4 is 11.5 Å². The van der Waals surface area contributed by atoms with Gasteiger partial charge in [-0.2, -0.15) is 0 Å². The number of rotatable bonds is 1. The second kappa shape index (κ2) is 4.04. The number of nitrogens with two attached hydrogens (primary N) is 1. The number of nitrogen functional groups attached to an aromatic ring is 1. The van der Waals surface area contributed by atoms with E-state index in [1.807, 2.05) is 22.9 Å². The Hall–Kier alpha value is -1.55. The first-order valence-electron chi connectivity index (χ1n) is 6.15. The van der Waals surface area contributed by atoms with E-state index in [1.165, 1.54) is 31.5 Å². The molecule has 0 bridgehead atoms. The number of pyridine rings is 1. The zero-order chi connectivity index (χ0) is 11.8. The van der Waals surface area contributed by atoms with Crippen molar-refractivity contribution < 1.29 is 0 Å². The SMILES string of the molecule is CN1CCC(c2ccc(N)n3ccnc23)CC1. The van der Waals surface area contributed by atoms with Gasteiger partial charge in [-0.1, -0.05) is 6.07 Å². The van der Waals surface area contributed by atoms with Crippen LogP contribution in [-0.2, 0) is 0 Å². The summed E-state index contributed by atoms with van der Waals surface area (Å²) in [5.74, 6) is 1.38. The molecular formula is C13H18N4. The van der Waals surface area contributed by atoms with Gasteiger partial charge in [-0.3, -0.25) is 4.40 Å². The Bertz CT molecular complexity index is 523. The number of fused-ring (bicyclic) bond motifs is 1. The Labute approximate surface area is 101 Å². The number of hydrogen-bond acceptors (Lipinski definition) is 3. The highest BCUT2D eigenvalue weighted by Gasteiger charge is 2.21. The number of likely N-dealkylation sites (tertiary alicyclic amines) is 1. The first kappa shape index (κ1) is 10.6.